The van der Waals surface area contributed by atoms with Gasteiger partial charge in [-0.2, -0.15) is 0 Å². The van der Waals surface area contributed by atoms with Crippen LogP contribution in [0, 0.1) is 5.82 Å². The van der Waals surface area contributed by atoms with Crippen molar-refractivity contribution in [1.82, 2.24) is 0 Å². The molecule has 26 heavy (non-hydrogen) atoms. The summed E-state index contributed by atoms with van der Waals surface area (Å²) in [6.07, 6.45) is 2.03. The Morgan fingerprint density at radius 3 is 2.69 bits per heavy atom. The van der Waals surface area contributed by atoms with Crippen molar-refractivity contribution in [3.8, 4) is 11.5 Å². The van der Waals surface area contributed by atoms with Crippen LogP contribution in [0.1, 0.15) is 42.4 Å². The maximum Gasteiger partial charge on any atom is 0.513 e. The molecular formula is C20H20BrFO4. The van der Waals surface area contributed by atoms with E-state index >= 15 is 0 Å². The number of hydrogen-bond donors (Lipinski definition) is 0. The second-order valence-electron chi connectivity index (χ2n) is 6.17. The molecule has 0 unspecified atom stereocenters. The third-order valence-electron chi connectivity index (χ3n) is 4.38. The number of aryl methyl sites for hydroxylation is 1. The molecule has 1 saturated carbocycles. The zero-order valence-electron chi connectivity index (χ0n) is 14.7. The summed E-state index contributed by atoms with van der Waals surface area (Å²) in [6, 6.07) is 8.60. The Morgan fingerprint density at radius 1 is 1.27 bits per heavy atom. The molecule has 1 aliphatic carbocycles. The topological polar surface area (TPSA) is 44.8 Å². The van der Waals surface area contributed by atoms with E-state index in [-0.39, 0.29) is 12.4 Å². The fraction of sp³-hybridized carbons (Fsp3) is 0.350. The molecule has 2 aromatic rings. The van der Waals surface area contributed by atoms with E-state index in [0.717, 1.165) is 22.9 Å². The first-order chi connectivity index (χ1) is 12.5. The van der Waals surface area contributed by atoms with Gasteiger partial charge < -0.3 is 14.2 Å². The Bertz CT molecular complexity index is 818. The summed E-state index contributed by atoms with van der Waals surface area (Å²) in [4.78, 5) is 11.4. The highest BCUT2D eigenvalue weighted by molar-refractivity contribution is 9.10. The van der Waals surface area contributed by atoms with Gasteiger partial charge in [0.25, 0.3) is 0 Å². The van der Waals surface area contributed by atoms with Crippen molar-refractivity contribution in [1.29, 1.82) is 0 Å². The molecule has 0 N–H and O–H groups in total. The number of benzene rings is 2. The van der Waals surface area contributed by atoms with Gasteiger partial charge in [0.15, 0.2) is 0 Å². The molecule has 1 fully saturated rings. The van der Waals surface area contributed by atoms with Gasteiger partial charge in [-0.1, -0.05) is 28.9 Å². The van der Waals surface area contributed by atoms with E-state index in [4.69, 9.17) is 9.47 Å². The van der Waals surface area contributed by atoms with Crippen LogP contribution >= 0.6 is 15.9 Å². The van der Waals surface area contributed by atoms with E-state index in [0.29, 0.717) is 35.0 Å². The monoisotopic (exact) mass is 422 g/mol. The van der Waals surface area contributed by atoms with Crippen LogP contribution in [0.15, 0.2) is 34.8 Å². The second-order valence-corrected chi connectivity index (χ2v) is 7.02. The zero-order chi connectivity index (χ0) is 18.7. The molecule has 138 valence electrons. The molecule has 0 bridgehead atoms. The molecule has 0 spiro atoms. The Kier molecular flexibility index (Phi) is 5.81. The van der Waals surface area contributed by atoms with Crippen LogP contribution in [0.2, 0.25) is 0 Å². The third-order valence-corrected chi connectivity index (χ3v) is 5.13. The summed E-state index contributed by atoms with van der Waals surface area (Å²) in [5.41, 5.74) is 2.40. The van der Waals surface area contributed by atoms with Gasteiger partial charge >= 0.3 is 6.16 Å². The summed E-state index contributed by atoms with van der Waals surface area (Å²) in [7, 11) is 1.25. The number of carbonyl (C=O) groups is 1. The van der Waals surface area contributed by atoms with Crippen molar-refractivity contribution >= 4 is 22.1 Å². The summed E-state index contributed by atoms with van der Waals surface area (Å²) >= 11 is 3.44. The van der Waals surface area contributed by atoms with Crippen molar-refractivity contribution < 1.29 is 23.4 Å². The van der Waals surface area contributed by atoms with Gasteiger partial charge in [0.2, 0.25) is 0 Å². The third kappa shape index (κ3) is 4.18. The van der Waals surface area contributed by atoms with Gasteiger partial charge in [-0.05, 0) is 54.5 Å². The SMILES string of the molecule is CCc1cc(C2CC2)c(OCc2c(Br)cccc2OC(=O)OC)cc1F. The fourth-order valence-electron chi connectivity index (χ4n) is 2.78. The molecule has 3 rings (SSSR count). The number of ether oxygens (including phenoxy) is 3. The average molecular weight is 423 g/mol. The van der Waals surface area contributed by atoms with E-state index in [1.165, 1.54) is 13.2 Å². The van der Waals surface area contributed by atoms with Gasteiger partial charge in [0.1, 0.15) is 23.9 Å². The van der Waals surface area contributed by atoms with Crippen LogP contribution in [-0.4, -0.2) is 13.3 Å². The normalized spacial score (nSPS) is 13.4. The first-order valence-corrected chi connectivity index (χ1v) is 9.31. The van der Waals surface area contributed by atoms with Crippen molar-refractivity contribution in [2.45, 2.75) is 38.7 Å². The molecule has 6 heteroatoms. The van der Waals surface area contributed by atoms with E-state index in [1.54, 1.807) is 12.1 Å². The van der Waals surface area contributed by atoms with Crippen LogP contribution in [0.4, 0.5) is 9.18 Å². The minimum atomic E-state index is -0.804. The van der Waals surface area contributed by atoms with Crippen LogP contribution in [0.3, 0.4) is 0 Å². The Morgan fingerprint density at radius 2 is 2.04 bits per heavy atom. The maximum absolute atomic E-state index is 14.2. The summed E-state index contributed by atoms with van der Waals surface area (Å²) in [5.74, 6) is 1.05. The van der Waals surface area contributed by atoms with E-state index in [2.05, 4.69) is 20.7 Å². The molecule has 1 aliphatic rings. The Labute approximate surface area is 160 Å². The lowest BCUT2D eigenvalue weighted by Crippen LogP contribution is -2.10. The first kappa shape index (κ1) is 18.7. The quantitative estimate of drug-likeness (QED) is 0.438. The van der Waals surface area contributed by atoms with Crippen LogP contribution < -0.4 is 9.47 Å². The van der Waals surface area contributed by atoms with Crippen LogP contribution in [-0.2, 0) is 17.8 Å². The number of hydrogen-bond acceptors (Lipinski definition) is 4. The fourth-order valence-corrected chi connectivity index (χ4v) is 3.25. The largest absolute Gasteiger partial charge is 0.513 e. The van der Waals surface area contributed by atoms with Gasteiger partial charge in [-0.3, -0.25) is 0 Å². The molecule has 0 radical (unpaired) electrons. The van der Waals surface area contributed by atoms with Crippen molar-refractivity contribution in [2.75, 3.05) is 7.11 Å². The average Bonchev–Trinajstić information content (AvgIpc) is 3.46. The number of rotatable bonds is 6. The predicted octanol–water partition coefficient (Wildman–Crippen LogP) is 5.75. The number of halogens is 2. The smallest absolute Gasteiger partial charge is 0.488 e. The number of carbonyl (C=O) groups excluding carboxylic acids is 1. The van der Waals surface area contributed by atoms with Gasteiger partial charge in [-0.15, -0.1) is 0 Å². The van der Waals surface area contributed by atoms with Crippen molar-refractivity contribution in [2.24, 2.45) is 0 Å². The lowest BCUT2D eigenvalue weighted by atomic mass is 10.0. The van der Waals surface area contributed by atoms with E-state index in [1.807, 2.05) is 19.1 Å². The predicted molar refractivity (Wildman–Crippen MR) is 99.3 cm³/mol. The lowest BCUT2D eigenvalue weighted by molar-refractivity contribution is 0.120. The zero-order valence-corrected chi connectivity index (χ0v) is 16.3. The molecule has 0 saturated heterocycles. The minimum absolute atomic E-state index is 0.137. The highest BCUT2D eigenvalue weighted by atomic mass is 79.9. The molecule has 0 heterocycles. The van der Waals surface area contributed by atoms with E-state index in [9.17, 15) is 9.18 Å². The van der Waals surface area contributed by atoms with Gasteiger partial charge in [0, 0.05) is 16.1 Å². The second kappa shape index (κ2) is 8.08. The molecule has 2 aromatic carbocycles. The highest BCUT2D eigenvalue weighted by Gasteiger charge is 2.28. The van der Waals surface area contributed by atoms with Crippen LogP contribution in [0.5, 0.6) is 11.5 Å². The van der Waals surface area contributed by atoms with Gasteiger partial charge in [0.05, 0.1) is 7.11 Å². The Balaban J connectivity index is 1.85. The number of methoxy groups -OCH3 is 1. The molecule has 0 amide bonds. The van der Waals surface area contributed by atoms with Crippen molar-refractivity contribution in [3.63, 3.8) is 0 Å². The molecule has 0 aliphatic heterocycles. The molecular weight excluding hydrogens is 403 g/mol. The highest BCUT2D eigenvalue weighted by Crippen LogP contribution is 2.45. The standard InChI is InChI=1S/C20H20BrFO4/c1-3-12-9-14(13-7-8-13)19(10-17(12)22)25-11-15-16(21)5-4-6-18(15)26-20(23)24-2/h4-6,9-10,13H,3,7-8,11H2,1-2H3. The first-order valence-electron chi connectivity index (χ1n) is 8.51. The molecule has 4 nitrogen and oxygen atoms in total. The summed E-state index contributed by atoms with van der Waals surface area (Å²) < 4.78 is 30.6. The molecule has 0 atom stereocenters. The van der Waals surface area contributed by atoms with E-state index < -0.39 is 6.16 Å². The van der Waals surface area contributed by atoms with Gasteiger partial charge in [-0.25, -0.2) is 9.18 Å². The van der Waals surface area contributed by atoms with Crippen molar-refractivity contribution in [3.05, 3.63) is 57.3 Å². The summed E-state index contributed by atoms with van der Waals surface area (Å²) in [6.45, 7) is 2.07. The minimum Gasteiger partial charge on any atom is -0.488 e. The Hall–Kier alpha value is -2.08. The maximum atomic E-state index is 14.2. The lowest BCUT2D eigenvalue weighted by Gasteiger charge is -2.16. The van der Waals surface area contributed by atoms with Crippen LogP contribution in [0.25, 0.3) is 0 Å². The summed E-state index contributed by atoms with van der Waals surface area (Å²) in [5, 5.41) is 0. The molecule has 0 aromatic heterocycles.